The van der Waals surface area contributed by atoms with Crippen LogP contribution in [0.2, 0.25) is 5.02 Å². The van der Waals surface area contributed by atoms with Gasteiger partial charge >= 0.3 is 0 Å². The second-order valence-electron chi connectivity index (χ2n) is 7.17. The summed E-state index contributed by atoms with van der Waals surface area (Å²) in [6, 6.07) is 5.80. The zero-order valence-electron chi connectivity index (χ0n) is 14.3. The Hall–Kier alpha value is -1.55. The van der Waals surface area contributed by atoms with Crippen molar-refractivity contribution in [3.05, 3.63) is 28.8 Å². The highest BCUT2D eigenvalue weighted by atomic mass is 35.5. The third-order valence-corrected chi connectivity index (χ3v) is 5.87. The summed E-state index contributed by atoms with van der Waals surface area (Å²) >= 11 is 6.17. The largest absolute Gasteiger partial charge is 0.353 e. The predicted octanol–water partition coefficient (Wildman–Crippen LogP) is 3.70. The first-order chi connectivity index (χ1) is 11.5. The zero-order chi connectivity index (χ0) is 17.3. The maximum Gasteiger partial charge on any atom is 0.227 e. The number of anilines is 1. The summed E-state index contributed by atoms with van der Waals surface area (Å²) in [4.78, 5) is 26.7. The average molecular weight is 349 g/mol. The molecule has 1 aliphatic carbocycles. The summed E-state index contributed by atoms with van der Waals surface area (Å²) in [5, 5.41) is 3.83. The third-order valence-electron chi connectivity index (χ3n) is 5.46. The van der Waals surface area contributed by atoms with Crippen molar-refractivity contribution in [3.63, 3.8) is 0 Å². The van der Waals surface area contributed by atoms with E-state index in [0.717, 1.165) is 17.7 Å². The number of carbonyl (C=O) groups excluding carboxylic acids is 2. The highest BCUT2D eigenvalue weighted by molar-refractivity contribution is 6.31. The van der Waals surface area contributed by atoms with Gasteiger partial charge in [0.15, 0.2) is 0 Å². The molecule has 24 heavy (non-hydrogen) atoms. The van der Waals surface area contributed by atoms with Crippen LogP contribution >= 0.6 is 11.6 Å². The molecule has 2 amide bonds. The van der Waals surface area contributed by atoms with Crippen LogP contribution in [0.3, 0.4) is 0 Å². The number of nitrogens with one attached hydrogen (secondary N) is 1. The molecular weight excluding hydrogens is 324 g/mol. The van der Waals surface area contributed by atoms with E-state index in [4.69, 9.17) is 11.6 Å². The van der Waals surface area contributed by atoms with Crippen molar-refractivity contribution in [2.45, 2.75) is 52.0 Å². The van der Waals surface area contributed by atoms with Gasteiger partial charge in [0, 0.05) is 29.7 Å². The van der Waals surface area contributed by atoms with E-state index in [1.54, 1.807) is 4.90 Å². The lowest BCUT2D eigenvalue weighted by Crippen LogP contribution is -2.44. The zero-order valence-corrected chi connectivity index (χ0v) is 15.1. The molecule has 130 valence electrons. The highest BCUT2D eigenvalue weighted by Crippen LogP contribution is 2.32. The van der Waals surface area contributed by atoms with Crippen LogP contribution in [-0.4, -0.2) is 24.4 Å². The topological polar surface area (TPSA) is 49.4 Å². The van der Waals surface area contributed by atoms with Gasteiger partial charge in [0.25, 0.3) is 0 Å². The van der Waals surface area contributed by atoms with Crippen molar-refractivity contribution < 1.29 is 9.59 Å². The Bertz CT molecular complexity index is 646. The van der Waals surface area contributed by atoms with Gasteiger partial charge in [-0.1, -0.05) is 37.4 Å². The van der Waals surface area contributed by atoms with Gasteiger partial charge in [-0.3, -0.25) is 9.59 Å². The van der Waals surface area contributed by atoms with Gasteiger partial charge in [-0.05, 0) is 43.4 Å². The van der Waals surface area contributed by atoms with Gasteiger partial charge in [0.2, 0.25) is 11.8 Å². The molecule has 4 nitrogen and oxygen atoms in total. The molecule has 2 aliphatic rings. The van der Waals surface area contributed by atoms with Crippen LogP contribution in [-0.2, 0) is 9.59 Å². The molecule has 1 aromatic carbocycles. The molecule has 0 radical (unpaired) electrons. The Labute approximate surface area is 148 Å². The molecule has 1 N–H and O–H groups in total. The Morgan fingerprint density at radius 3 is 2.79 bits per heavy atom. The first-order valence-corrected chi connectivity index (χ1v) is 9.21. The fourth-order valence-corrected chi connectivity index (χ4v) is 4.01. The first-order valence-electron chi connectivity index (χ1n) is 8.83. The number of hydrogen-bond donors (Lipinski definition) is 1. The van der Waals surface area contributed by atoms with E-state index in [0.29, 0.717) is 17.5 Å². The fraction of sp³-hybridized carbons (Fsp3) is 0.579. The van der Waals surface area contributed by atoms with Crippen molar-refractivity contribution in [1.82, 2.24) is 5.32 Å². The van der Waals surface area contributed by atoms with E-state index < -0.39 is 0 Å². The molecule has 0 spiro atoms. The summed E-state index contributed by atoms with van der Waals surface area (Å²) in [6.07, 6.45) is 4.91. The molecule has 1 saturated heterocycles. The van der Waals surface area contributed by atoms with Crippen molar-refractivity contribution in [1.29, 1.82) is 0 Å². The third kappa shape index (κ3) is 3.44. The maximum atomic E-state index is 12.6. The quantitative estimate of drug-likeness (QED) is 0.905. The van der Waals surface area contributed by atoms with E-state index in [1.165, 1.54) is 19.3 Å². The minimum Gasteiger partial charge on any atom is -0.353 e. The van der Waals surface area contributed by atoms with Crippen LogP contribution in [0.15, 0.2) is 18.2 Å². The maximum absolute atomic E-state index is 12.6. The van der Waals surface area contributed by atoms with E-state index in [-0.39, 0.29) is 30.2 Å². The lowest BCUT2D eigenvalue weighted by atomic mass is 9.85. The molecule has 5 heteroatoms. The summed E-state index contributed by atoms with van der Waals surface area (Å²) in [5.74, 6) is 0.262. The number of benzene rings is 1. The average Bonchev–Trinajstić information content (AvgIpc) is 2.94. The summed E-state index contributed by atoms with van der Waals surface area (Å²) in [6.45, 7) is 4.54. The van der Waals surface area contributed by atoms with E-state index in [9.17, 15) is 9.59 Å². The van der Waals surface area contributed by atoms with E-state index in [1.807, 2.05) is 25.1 Å². The Morgan fingerprint density at radius 1 is 1.29 bits per heavy atom. The van der Waals surface area contributed by atoms with Crippen LogP contribution in [0.1, 0.15) is 44.6 Å². The Kier molecular flexibility index (Phi) is 5.14. The fourth-order valence-electron chi connectivity index (χ4n) is 3.84. The number of hydrogen-bond acceptors (Lipinski definition) is 2. The molecule has 1 heterocycles. The van der Waals surface area contributed by atoms with Crippen LogP contribution in [0.5, 0.6) is 0 Å². The van der Waals surface area contributed by atoms with Gasteiger partial charge in [-0.25, -0.2) is 0 Å². The van der Waals surface area contributed by atoms with Crippen molar-refractivity contribution in [2.24, 2.45) is 11.8 Å². The molecule has 3 atom stereocenters. The monoisotopic (exact) mass is 348 g/mol. The number of amides is 2. The van der Waals surface area contributed by atoms with Gasteiger partial charge in [0.1, 0.15) is 0 Å². The molecule has 0 bridgehead atoms. The molecule has 1 aromatic rings. The molecule has 1 saturated carbocycles. The van der Waals surface area contributed by atoms with Gasteiger partial charge in [0.05, 0.1) is 5.92 Å². The van der Waals surface area contributed by atoms with Crippen LogP contribution in [0.25, 0.3) is 0 Å². The van der Waals surface area contributed by atoms with Crippen LogP contribution < -0.4 is 10.2 Å². The summed E-state index contributed by atoms with van der Waals surface area (Å²) < 4.78 is 0. The Morgan fingerprint density at radius 2 is 2.04 bits per heavy atom. The van der Waals surface area contributed by atoms with E-state index in [2.05, 4.69) is 12.2 Å². The van der Waals surface area contributed by atoms with Crippen molar-refractivity contribution in [2.75, 3.05) is 11.4 Å². The van der Waals surface area contributed by atoms with Crippen molar-refractivity contribution >= 4 is 29.1 Å². The van der Waals surface area contributed by atoms with Gasteiger partial charge in [-0.2, -0.15) is 0 Å². The molecule has 1 aliphatic heterocycles. The first kappa shape index (κ1) is 17.3. The molecule has 0 unspecified atom stereocenters. The van der Waals surface area contributed by atoms with Crippen LogP contribution in [0, 0.1) is 18.8 Å². The molecular formula is C19H25ClN2O2. The number of nitrogens with zero attached hydrogens (tertiary/aromatic N) is 1. The standard InChI is InChI=1S/C19H25ClN2O2/c1-12-6-3-4-8-16(12)21-19(24)14-10-18(23)22(11-14)17-9-5-7-15(20)13(17)2/h5,7,9,12,14,16H,3-4,6,8,10-11H2,1-2H3,(H,21,24)/t12-,14+,16-/m0/s1. The second-order valence-corrected chi connectivity index (χ2v) is 7.57. The minimum atomic E-state index is -0.273. The van der Waals surface area contributed by atoms with Gasteiger partial charge < -0.3 is 10.2 Å². The van der Waals surface area contributed by atoms with Gasteiger partial charge in [-0.15, -0.1) is 0 Å². The SMILES string of the molecule is Cc1c(Cl)cccc1N1C[C@H](C(=O)N[C@H]2CCCC[C@@H]2C)CC1=O. The smallest absolute Gasteiger partial charge is 0.227 e. The molecule has 0 aromatic heterocycles. The van der Waals surface area contributed by atoms with E-state index >= 15 is 0 Å². The predicted molar refractivity (Wildman–Crippen MR) is 96.2 cm³/mol. The Balaban J connectivity index is 1.68. The lowest BCUT2D eigenvalue weighted by molar-refractivity contribution is -0.127. The normalized spacial score (nSPS) is 27.4. The minimum absolute atomic E-state index is 0.00258. The summed E-state index contributed by atoms with van der Waals surface area (Å²) in [7, 11) is 0. The molecule has 3 rings (SSSR count). The highest BCUT2D eigenvalue weighted by Gasteiger charge is 2.37. The van der Waals surface area contributed by atoms with Crippen LogP contribution in [0.4, 0.5) is 5.69 Å². The second kappa shape index (κ2) is 7.14. The number of halogens is 1. The number of rotatable bonds is 3. The summed E-state index contributed by atoms with van der Waals surface area (Å²) in [5.41, 5.74) is 1.70. The van der Waals surface area contributed by atoms with Crippen molar-refractivity contribution in [3.8, 4) is 0 Å². The number of carbonyl (C=O) groups is 2. The molecule has 2 fully saturated rings. The lowest BCUT2D eigenvalue weighted by Gasteiger charge is -2.30.